The summed E-state index contributed by atoms with van der Waals surface area (Å²) in [6.07, 6.45) is 0. The van der Waals surface area contributed by atoms with Gasteiger partial charge in [-0.3, -0.25) is 20.4 Å². The number of carbonyl (C=O) groups is 3. The van der Waals surface area contributed by atoms with Crippen molar-refractivity contribution in [1.82, 2.24) is 15.8 Å². The van der Waals surface area contributed by atoms with Crippen LogP contribution in [0.3, 0.4) is 0 Å². The summed E-state index contributed by atoms with van der Waals surface area (Å²) in [4.78, 5) is 38.8. The van der Waals surface area contributed by atoms with Gasteiger partial charge in [0.2, 0.25) is 0 Å². The Morgan fingerprint density at radius 3 is 2.30 bits per heavy atom. The zero-order valence-electron chi connectivity index (χ0n) is 17.6. The maximum atomic E-state index is 12.4. The predicted molar refractivity (Wildman–Crippen MR) is 121 cm³/mol. The van der Waals surface area contributed by atoms with Crippen LogP contribution in [0, 0.1) is 20.8 Å². The van der Waals surface area contributed by atoms with E-state index < -0.39 is 5.97 Å². The Bertz CT molecular complexity index is 1010. The second-order valence-corrected chi connectivity index (χ2v) is 8.21. The molecule has 160 valence electrons. The molecule has 0 saturated heterocycles. The van der Waals surface area contributed by atoms with E-state index in [1.807, 2.05) is 19.9 Å². The quantitative estimate of drug-likeness (QED) is 0.376. The fraction of sp³-hybridized carbons (Fsp3) is 0.300. The number of benzene rings is 1. The summed E-state index contributed by atoms with van der Waals surface area (Å²) in [5.74, 6) is -1.19. The van der Waals surface area contributed by atoms with Gasteiger partial charge in [-0.2, -0.15) is 0 Å². The zero-order chi connectivity index (χ0) is 22.6. The first-order valence-corrected chi connectivity index (χ1v) is 10.2. The number of carbonyl (C=O) groups excluding carboxylic acids is 3. The number of anilines is 1. The lowest BCUT2D eigenvalue weighted by Gasteiger charge is -2.12. The van der Waals surface area contributed by atoms with Crippen molar-refractivity contribution in [3.05, 3.63) is 50.9 Å². The molecule has 0 saturated carbocycles. The van der Waals surface area contributed by atoms with Crippen LogP contribution in [-0.4, -0.2) is 49.0 Å². The van der Waals surface area contributed by atoms with Crippen molar-refractivity contribution in [3.63, 3.8) is 0 Å². The van der Waals surface area contributed by atoms with Crippen LogP contribution in [0.15, 0.2) is 18.2 Å². The van der Waals surface area contributed by atoms with Crippen LogP contribution in [0.4, 0.5) is 5.00 Å². The van der Waals surface area contributed by atoms with Gasteiger partial charge >= 0.3 is 5.97 Å². The topological polar surface area (TPSA) is 99.8 Å². The van der Waals surface area contributed by atoms with Crippen LogP contribution >= 0.6 is 23.6 Å². The standard InChI is InChI=1S/C20H24N4O4S2/c1-10-7-8-13(9-11(10)2)16(25)22-23-20(29)21-17-14(19(27)28-6)12(3)15(30-17)18(26)24(4)5/h7-9H,1-6H3,(H,22,25)(H2,21,23,29). The van der Waals surface area contributed by atoms with E-state index in [-0.39, 0.29) is 22.5 Å². The maximum Gasteiger partial charge on any atom is 0.341 e. The van der Waals surface area contributed by atoms with Gasteiger partial charge in [0.1, 0.15) is 5.00 Å². The van der Waals surface area contributed by atoms with Crippen molar-refractivity contribution in [2.45, 2.75) is 20.8 Å². The lowest BCUT2D eigenvalue weighted by Crippen LogP contribution is -2.43. The molecule has 3 N–H and O–H groups in total. The molecular weight excluding hydrogens is 424 g/mol. The molecule has 2 rings (SSSR count). The number of thiocarbonyl (C=S) groups is 1. The third-order valence-electron chi connectivity index (χ3n) is 4.42. The van der Waals surface area contributed by atoms with Crippen molar-refractivity contribution in [2.24, 2.45) is 0 Å². The summed E-state index contributed by atoms with van der Waals surface area (Å²) in [5.41, 5.74) is 8.40. The SMILES string of the molecule is COC(=O)c1c(NC(=S)NNC(=O)c2ccc(C)c(C)c2)sc(C(=O)N(C)C)c1C. The average Bonchev–Trinajstić information content (AvgIpc) is 3.02. The molecule has 0 unspecified atom stereocenters. The van der Waals surface area contributed by atoms with E-state index in [0.29, 0.717) is 21.0 Å². The number of nitrogens with zero attached hydrogens (tertiary/aromatic N) is 1. The molecule has 8 nitrogen and oxygen atoms in total. The van der Waals surface area contributed by atoms with Crippen molar-refractivity contribution in [3.8, 4) is 0 Å². The molecule has 2 amide bonds. The van der Waals surface area contributed by atoms with Gasteiger partial charge in [-0.1, -0.05) is 6.07 Å². The second-order valence-electron chi connectivity index (χ2n) is 6.78. The molecular formula is C20H24N4O4S2. The minimum absolute atomic E-state index is 0.0578. The van der Waals surface area contributed by atoms with Gasteiger partial charge in [0.25, 0.3) is 11.8 Å². The molecule has 0 spiro atoms. The van der Waals surface area contributed by atoms with Crippen LogP contribution in [-0.2, 0) is 4.74 Å². The number of thiophene rings is 1. The smallest absolute Gasteiger partial charge is 0.341 e. The fourth-order valence-corrected chi connectivity index (χ4v) is 4.00. The van der Waals surface area contributed by atoms with Gasteiger partial charge in [-0.15, -0.1) is 11.3 Å². The van der Waals surface area contributed by atoms with Gasteiger partial charge in [0.15, 0.2) is 5.11 Å². The van der Waals surface area contributed by atoms with Crippen LogP contribution < -0.4 is 16.2 Å². The van der Waals surface area contributed by atoms with Crippen molar-refractivity contribution in [1.29, 1.82) is 0 Å². The van der Waals surface area contributed by atoms with Crippen LogP contribution in [0.2, 0.25) is 0 Å². The first-order chi connectivity index (χ1) is 14.1. The molecule has 0 bridgehead atoms. The Kier molecular flexibility index (Phi) is 7.52. The summed E-state index contributed by atoms with van der Waals surface area (Å²) in [5, 5.41) is 3.27. The lowest BCUT2D eigenvalue weighted by molar-refractivity contribution is 0.0601. The van der Waals surface area contributed by atoms with Crippen LogP contribution in [0.25, 0.3) is 0 Å². The fourth-order valence-electron chi connectivity index (χ4n) is 2.56. The Labute approximate surface area is 184 Å². The van der Waals surface area contributed by atoms with E-state index in [2.05, 4.69) is 16.2 Å². The Morgan fingerprint density at radius 2 is 1.73 bits per heavy atom. The zero-order valence-corrected chi connectivity index (χ0v) is 19.3. The van der Waals surface area contributed by atoms with E-state index >= 15 is 0 Å². The molecule has 10 heteroatoms. The van der Waals surface area contributed by atoms with Crippen molar-refractivity contribution < 1.29 is 19.1 Å². The van der Waals surface area contributed by atoms with E-state index in [1.54, 1.807) is 33.2 Å². The number of ether oxygens (including phenoxy) is 1. The number of esters is 1. The first-order valence-electron chi connectivity index (χ1n) is 8.94. The van der Waals surface area contributed by atoms with E-state index in [4.69, 9.17) is 17.0 Å². The maximum absolute atomic E-state index is 12.4. The highest BCUT2D eigenvalue weighted by Crippen LogP contribution is 2.34. The molecule has 0 fully saturated rings. The van der Waals surface area contributed by atoms with Gasteiger partial charge in [-0.25, -0.2) is 4.79 Å². The number of rotatable bonds is 4. The molecule has 2 aromatic rings. The first kappa shape index (κ1) is 23.3. The highest BCUT2D eigenvalue weighted by atomic mass is 32.1. The number of aryl methyl sites for hydroxylation is 2. The van der Waals surface area contributed by atoms with E-state index in [0.717, 1.165) is 22.5 Å². The number of methoxy groups -OCH3 is 1. The summed E-state index contributed by atoms with van der Waals surface area (Å²) >= 11 is 6.31. The third kappa shape index (κ3) is 5.14. The highest BCUT2D eigenvalue weighted by Gasteiger charge is 2.26. The molecule has 0 aliphatic rings. The number of amides is 2. The molecule has 1 heterocycles. The summed E-state index contributed by atoms with van der Waals surface area (Å²) in [7, 11) is 4.51. The molecule has 30 heavy (non-hydrogen) atoms. The van der Waals surface area contributed by atoms with Gasteiger partial charge in [0, 0.05) is 19.7 Å². The molecule has 0 atom stereocenters. The number of hydrogen-bond donors (Lipinski definition) is 3. The van der Waals surface area contributed by atoms with Crippen LogP contribution in [0.1, 0.15) is 47.1 Å². The minimum Gasteiger partial charge on any atom is -0.465 e. The van der Waals surface area contributed by atoms with Crippen molar-refractivity contribution in [2.75, 3.05) is 26.5 Å². The monoisotopic (exact) mass is 448 g/mol. The molecule has 0 radical (unpaired) electrons. The van der Waals surface area contributed by atoms with Gasteiger partial charge in [0.05, 0.1) is 17.6 Å². The lowest BCUT2D eigenvalue weighted by atomic mass is 10.1. The average molecular weight is 449 g/mol. The Morgan fingerprint density at radius 1 is 1.07 bits per heavy atom. The molecule has 0 aliphatic carbocycles. The summed E-state index contributed by atoms with van der Waals surface area (Å²) < 4.78 is 4.84. The third-order valence-corrected chi connectivity index (χ3v) is 5.82. The molecule has 1 aromatic heterocycles. The molecule has 1 aromatic carbocycles. The van der Waals surface area contributed by atoms with Crippen molar-refractivity contribution >= 4 is 51.5 Å². The number of hydrogen-bond acceptors (Lipinski definition) is 6. The highest BCUT2D eigenvalue weighted by molar-refractivity contribution is 7.80. The Hall–Kier alpha value is -2.98. The largest absolute Gasteiger partial charge is 0.465 e. The minimum atomic E-state index is -0.592. The molecule has 0 aliphatic heterocycles. The van der Waals surface area contributed by atoms with Crippen LogP contribution in [0.5, 0.6) is 0 Å². The van der Waals surface area contributed by atoms with Gasteiger partial charge < -0.3 is 15.0 Å². The van der Waals surface area contributed by atoms with E-state index in [1.165, 1.54) is 12.0 Å². The predicted octanol–water partition coefficient (Wildman–Crippen LogP) is 2.79. The summed E-state index contributed by atoms with van der Waals surface area (Å²) in [6, 6.07) is 5.36. The summed E-state index contributed by atoms with van der Waals surface area (Å²) in [6.45, 7) is 5.56. The van der Waals surface area contributed by atoms with Gasteiger partial charge in [-0.05, 0) is 61.8 Å². The normalized spacial score (nSPS) is 10.2. The number of hydrazine groups is 1. The number of nitrogens with one attached hydrogen (secondary N) is 3. The Balaban J connectivity index is 2.16. The second kappa shape index (κ2) is 9.68. The van der Waals surface area contributed by atoms with E-state index in [9.17, 15) is 14.4 Å².